The van der Waals surface area contributed by atoms with Crippen LogP contribution in [-0.4, -0.2) is 35.1 Å². The maximum Gasteiger partial charge on any atom is 0.344 e. The summed E-state index contributed by atoms with van der Waals surface area (Å²) < 4.78 is 19.6. The van der Waals surface area contributed by atoms with Gasteiger partial charge in [0.2, 0.25) is 0 Å². The largest absolute Gasteiger partial charge is 0.475 e. The first-order chi connectivity index (χ1) is 19.6. The van der Waals surface area contributed by atoms with Gasteiger partial charge >= 0.3 is 23.4 Å². The molecule has 4 rings (SSSR count). The van der Waals surface area contributed by atoms with E-state index in [4.69, 9.17) is 19.5 Å². The number of aromatic nitrogens is 4. The van der Waals surface area contributed by atoms with Crippen molar-refractivity contribution in [1.29, 1.82) is 0 Å². The molecule has 0 aliphatic rings. The van der Waals surface area contributed by atoms with Gasteiger partial charge in [-0.25, -0.2) is 28.3 Å². The monoisotopic (exact) mass is 556 g/mol. The molecule has 41 heavy (non-hydrogen) atoms. The molecule has 0 aliphatic carbocycles. The fourth-order valence-electron chi connectivity index (χ4n) is 5.53. The highest BCUT2D eigenvalue weighted by Crippen LogP contribution is 2.31. The summed E-state index contributed by atoms with van der Waals surface area (Å²) in [4.78, 5) is 10.0. The van der Waals surface area contributed by atoms with E-state index >= 15 is 0 Å². The topological polar surface area (TPSA) is 60.8 Å². The minimum absolute atomic E-state index is 0.601. The Labute approximate surface area is 244 Å². The highest BCUT2D eigenvalue weighted by molar-refractivity contribution is 5.92. The second-order valence-corrected chi connectivity index (χ2v) is 10.7. The fraction of sp³-hybridized carbons (Fsp3) is 0.394. The van der Waals surface area contributed by atoms with Crippen molar-refractivity contribution in [3.63, 3.8) is 0 Å². The van der Waals surface area contributed by atoms with Crippen LogP contribution in [0.1, 0.15) is 58.9 Å². The second-order valence-electron chi connectivity index (χ2n) is 10.7. The number of nitrogens with zero attached hydrogens (tertiary/aromatic N) is 6. The zero-order valence-corrected chi connectivity index (χ0v) is 26.2. The lowest BCUT2D eigenvalue weighted by atomic mass is 9.94. The van der Waals surface area contributed by atoms with Crippen LogP contribution < -0.4 is 9.13 Å². The fourth-order valence-corrected chi connectivity index (χ4v) is 5.53. The number of aliphatic imine (C=N–C) groups is 2. The molecular formula is C33H44N6O2+2. The molecule has 2 aromatic carbocycles. The zero-order chi connectivity index (χ0) is 29.8. The van der Waals surface area contributed by atoms with E-state index in [0.29, 0.717) is 11.8 Å². The quantitative estimate of drug-likeness (QED) is 0.178. The number of rotatable bonds is 8. The maximum atomic E-state index is 5.75. The predicted octanol–water partition coefficient (Wildman–Crippen LogP) is 4.79. The van der Waals surface area contributed by atoms with Gasteiger partial charge in [-0.05, 0) is 66.5 Å². The Hall–Kier alpha value is -4.20. The number of hydrogen-bond acceptors (Lipinski definition) is 4. The van der Waals surface area contributed by atoms with E-state index in [9.17, 15) is 0 Å². The molecule has 0 saturated heterocycles. The third-order valence-electron chi connectivity index (χ3n) is 7.61. The van der Waals surface area contributed by atoms with E-state index in [0.717, 1.165) is 53.4 Å². The summed E-state index contributed by atoms with van der Waals surface area (Å²) >= 11 is 0. The van der Waals surface area contributed by atoms with E-state index < -0.39 is 0 Å². The highest BCUT2D eigenvalue weighted by Gasteiger charge is 2.23. The lowest BCUT2D eigenvalue weighted by Gasteiger charge is -2.15. The number of benzene rings is 2. The number of aryl methyl sites for hydroxylation is 8. The number of imidazole rings is 2. The third-order valence-corrected chi connectivity index (χ3v) is 7.61. The number of ether oxygens (including phenoxy) is 2. The van der Waals surface area contributed by atoms with Crippen molar-refractivity contribution < 1.29 is 18.6 Å². The van der Waals surface area contributed by atoms with E-state index in [1.54, 1.807) is 14.2 Å². The van der Waals surface area contributed by atoms with Crippen molar-refractivity contribution >= 4 is 23.2 Å². The first-order valence-electron chi connectivity index (χ1n) is 14.1. The molecule has 2 heterocycles. The lowest BCUT2D eigenvalue weighted by molar-refractivity contribution is -0.672. The molecule has 0 spiro atoms. The van der Waals surface area contributed by atoms with Gasteiger partial charge in [-0.2, -0.15) is 0 Å². The third kappa shape index (κ3) is 6.11. The molecule has 4 aromatic rings. The Kier molecular flexibility index (Phi) is 9.11. The van der Waals surface area contributed by atoms with Crippen LogP contribution in [0.25, 0.3) is 0 Å². The van der Waals surface area contributed by atoms with Crippen LogP contribution in [0.5, 0.6) is 0 Å². The standard InChI is InChI=1S/C33H44N6O2/c1-11-26-20-24(17-22(3)28(26)34-30(40-9)32-36(5)13-14-37(32)6)19-25-18-23(4)29(27(12-2)21-25)35-31(41-10)33-38(7)15-16-39(33)8/h13-18,20-21H,11-12,19H2,1-10H3/q+2/b34-30-,35-31-. The van der Waals surface area contributed by atoms with E-state index in [1.165, 1.54) is 22.3 Å². The first-order valence-corrected chi connectivity index (χ1v) is 14.1. The Balaban J connectivity index is 1.70. The van der Waals surface area contributed by atoms with Gasteiger partial charge < -0.3 is 9.47 Å². The Bertz CT molecular complexity index is 1460. The second kappa shape index (κ2) is 12.5. The molecule has 0 atom stereocenters. The minimum atomic E-state index is 0.601. The molecule has 0 unspecified atom stereocenters. The molecule has 0 saturated carbocycles. The zero-order valence-electron chi connectivity index (χ0n) is 26.2. The van der Waals surface area contributed by atoms with Crippen LogP contribution in [0.4, 0.5) is 11.4 Å². The van der Waals surface area contributed by atoms with Gasteiger partial charge in [0.25, 0.3) is 0 Å². The highest BCUT2D eigenvalue weighted by atomic mass is 16.5. The minimum Gasteiger partial charge on any atom is -0.475 e. The average Bonchev–Trinajstić information content (AvgIpc) is 3.46. The summed E-state index contributed by atoms with van der Waals surface area (Å²) in [6, 6.07) is 9.08. The molecule has 2 aromatic heterocycles. The molecule has 0 bridgehead atoms. The average molecular weight is 557 g/mol. The molecule has 8 nitrogen and oxygen atoms in total. The molecule has 216 valence electrons. The Morgan fingerprint density at radius 2 is 1.10 bits per heavy atom. The van der Waals surface area contributed by atoms with Gasteiger partial charge in [-0.15, -0.1) is 0 Å². The van der Waals surface area contributed by atoms with Crippen LogP contribution in [0.3, 0.4) is 0 Å². The van der Waals surface area contributed by atoms with Crippen molar-refractivity contribution in [2.24, 2.45) is 38.2 Å². The van der Waals surface area contributed by atoms with Crippen molar-refractivity contribution in [2.45, 2.75) is 47.0 Å². The molecule has 0 radical (unpaired) electrons. The van der Waals surface area contributed by atoms with Gasteiger partial charge in [-0.3, -0.25) is 0 Å². The summed E-state index contributed by atoms with van der Waals surface area (Å²) in [5, 5.41) is 0. The molecule has 8 heteroatoms. The van der Waals surface area contributed by atoms with Crippen LogP contribution in [-0.2, 0) is 56.9 Å². The van der Waals surface area contributed by atoms with Crippen LogP contribution >= 0.6 is 0 Å². The molecular weight excluding hydrogens is 512 g/mol. The van der Waals surface area contributed by atoms with Gasteiger partial charge in [0.05, 0.1) is 53.8 Å². The van der Waals surface area contributed by atoms with Crippen LogP contribution in [0.2, 0.25) is 0 Å². The number of methoxy groups -OCH3 is 2. The number of hydrogen-bond donors (Lipinski definition) is 0. The van der Waals surface area contributed by atoms with Gasteiger partial charge in [-0.1, -0.05) is 38.1 Å². The van der Waals surface area contributed by atoms with E-state index in [2.05, 4.69) is 52.0 Å². The summed E-state index contributed by atoms with van der Waals surface area (Å²) in [7, 11) is 11.4. The summed E-state index contributed by atoms with van der Waals surface area (Å²) in [5.74, 6) is 3.04. The summed E-state index contributed by atoms with van der Waals surface area (Å²) in [5.41, 5.74) is 9.19. The molecule has 0 aliphatic heterocycles. The van der Waals surface area contributed by atoms with E-state index in [1.807, 2.05) is 71.2 Å². The van der Waals surface area contributed by atoms with Crippen LogP contribution in [0, 0.1) is 13.8 Å². The Morgan fingerprint density at radius 3 is 1.39 bits per heavy atom. The van der Waals surface area contributed by atoms with Crippen molar-refractivity contribution in [1.82, 2.24) is 9.13 Å². The summed E-state index contributed by atoms with van der Waals surface area (Å²) in [6.07, 6.45) is 10.6. The van der Waals surface area contributed by atoms with E-state index in [-0.39, 0.29) is 0 Å². The molecule has 0 amide bonds. The van der Waals surface area contributed by atoms with Crippen LogP contribution in [0.15, 0.2) is 59.0 Å². The van der Waals surface area contributed by atoms with Gasteiger partial charge in [0.1, 0.15) is 24.8 Å². The Morgan fingerprint density at radius 1 is 0.707 bits per heavy atom. The molecule has 0 fully saturated rings. The van der Waals surface area contributed by atoms with Crippen molar-refractivity contribution in [3.8, 4) is 0 Å². The normalized spacial score (nSPS) is 12.2. The van der Waals surface area contributed by atoms with Crippen molar-refractivity contribution in [3.05, 3.63) is 94.1 Å². The smallest absolute Gasteiger partial charge is 0.344 e. The van der Waals surface area contributed by atoms with Gasteiger partial charge in [0.15, 0.2) is 0 Å². The first kappa shape index (κ1) is 29.8. The van der Waals surface area contributed by atoms with Gasteiger partial charge in [0, 0.05) is 0 Å². The van der Waals surface area contributed by atoms with Crippen molar-refractivity contribution in [2.75, 3.05) is 14.2 Å². The maximum absolute atomic E-state index is 5.75. The predicted molar refractivity (Wildman–Crippen MR) is 164 cm³/mol. The lowest BCUT2D eigenvalue weighted by Crippen LogP contribution is -2.35. The summed E-state index contributed by atoms with van der Waals surface area (Å²) in [6.45, 7) is 8.63. The SMILES string of the molecule is CCc1cc(Cc2cc(C)c(/N=C(\OC)c3n(C)cc[n+]3C)c(CC)c2)cc(C)c1/N=C(\OC)c1n(C)cc[n+]1C. The molecule has 0 N–H and O–H groups in total.